The zero-order valence-electron chi connectivity index (χ0n) is 7.77. The fraction of sp³-hybridized carbons (Fsp3) is 0.875. The molecule has 13 heavy (non-hydrogen) atoms. The highest BCUT2D eigenvalue weighted by Gasteiger charge is 2.56. The summed E-state index contributed by atoms with van der Waals surface area (Å²) < 4.78 is 20.6. The first-order valence-corrected chi connectivity index (χ1v) is 4.12. The lowest BCUT2D eigenvalue weighted by molar-refractivity contribution is -0.214. The third-order valence-corrected chi connectivity index (χ3v) is 2.09. The number of hydrogen-bond donors (Lipinski definition) is 0. The predicted octanol–water partition coefficient (Wildman–Crippen LogP) is 0.0358. The van der Waals surface area contributed by atoms with Crippen molar-refractivity contribution in [1.29, 1.82) is 0 Å². The maximum Gasteiger partial charge on any atom is 0.340 e. The Kier molecular flexibility index (Phi) is 1.83. The van der Waals surface area contributed by atoms with Gasteiger partial charge in [-0.2, -0.15) is 0 Å². The molecule has 5 nitrogen and oxygen atoms in total. The minimum Gasteiger partial charge on any atom is -0.431 e. The van der Waals surface area contributed by atoms with Gasteiger partial charge < -0.3 is 18.9 Å². The van der Waals surface area contributed by atoms with Gasteiger partial charge in [0.2, 0.25) is 6.29 Å². The molecule has 0 aromatic heterocycles. The number of rotatable bonds is 1. The number of cyclic esters (lactones) is 1. The molecule has 74 valence electrons. The lowest BCUT2D eigenvalue weighted by Gasteiger charge is -2.20. The Balaban J connectivity index is 2.17. The third-order valence-electron chi connectivity index (χ3n) is 2.09. The van der Waals surface area contributed by atoms with Gasteiger partial charge in [0.05, 0.1) is 0 Å². The van der Waals surface area contributed by atoms with Gasteiger partial charge in [0.1, 0.15) is 0 Å². The van der Waals surface area contributed by atoms with Crippen molar-refractivity contribution in [1.82, 2.24) is 0 Å². The smallest absolute Gasteiger partial charge is 0.340 e. The second kappa shape index (κ2) is 2.67. The van der Waals surface area contributed by atoms with E-state index in [1.165, 1.54) is 7.11 Å². The molecule has 0 aliphatic carbocycles. The Morgan fingerprint density at radius 2 is 2.08 bits per heavy atom. The molecule has 0 aromatic rings. The molecule has 2 fully saturated rings. The van der Waals surface area contributed by atoms with E-state index >= 15 is 0 Å². The number of carbonyl (C=O) groups is 1. The van der Waals surface area contributed by atoms with Crippen molar-refractivity contribution in [3.05, 3.63) is 0 Å². The fourth-order valence-corrected chi connectivity index (χ4v) is 1.60. The maximum absolute atomic E-state index is 11.2. The van der Waals surface area contributed by atoms with E-state index in [4.69, 9.17) is 18.9 Å². The quantitative estimate of drug-likeness (QED) is 0.543. The van der Waals surface area contributed by atoms with Crippen molar-refractivity contribution in [2.75, 3.05) is 7.11 Å². The van der Waals surface area contributed by atoms with Gasteiger partial charge in [-0.25, -0.2) is 4.79 Å². The Bertz CT molecular complexity index is 237. The van der Waals surface area contributed by atoms with Crippen molar-refractivity contribution >= 4 is 5.97 Å². The number of carbonyl (C=O) groups excluding carboxylic acids is 1. The zero-order valence-corrected chi connectivity index (χ0v) is 7.77. The van der Waals surface area contributed by atoms with E-state index in [0.29, 0.717) is 0 Å². The van der Waals surface area contributed by atoms with Crippen LogP contribution in [0.1, 0.15) is 13.8 Å². The molecule has 0 saturated carbocycles. The van der Waals surface area contributed by atoms with Gasteiger partial charge in [0.25, 0.3) is 0 Å². The van der Waals surface area contributed by atoms with Crippen molar-refractivity contribution in [3.63, 3.8) is 0 Å². The van der Waals surface area contributed by atoms with E-state index in [9.17, 15) is 4.79 Å². The van der Waals surface area contributed by atoms with E-state index in [2.05, 4.69) is 0 Å². The van der Waals surface area contributed by atoms with Crippen LogP contribution < -0.4 is 0 Å². The summed E-state index contributed by atoms with van der Waals surface area (Å²) >= 11 is 0. The van der Waals surface area contributed by atoms with Gasteiger partial charge >= 0.3 is 5.97 Å². The first kappa shape index (κ1) is 8.93. The van der Waals surface area contributed by atoms with E-state index in [1.807, 2.05) is 0 Å². The predicted molar refractivity (Wildman–Crippen MR) is 40.7 cm³/mol. The number of methoxy groups -OCH3 is 1. The summed E-state index contributed by atoms with van der Waals surface area (Å²) in [7, 11) is 1.47. The molecular formula is C8H12O5. The molecule has 0 aromatic carbocycles. The van der Waals surface area contributed by atoms with Gasteiger partial charge in [-0.3, -0.25) is 0 Å². The number of esters is 1. The Morgan fingerprint density at radius 3 is 2.69 bits per heavy atom. The standard InChI is InChI=1S/C8H12O5/c1-8(2)12-4-5(13-8)7(10-3)11-6(4)9/h4-5,7H,1-3H3/t4-,5+,7+/m0/s1. The molecular weight excluding hydrogens is 176 g/mol. The normalized spacial score (nSPS) is 41.8. The average Bonchev–Trinajstić information content (AvgIpc) is 2.47. The monoisotopic (exact) mass is 188 g/mol. The lowest BCUT2D eigenvalue weighted by atomic mass is 10.2. The van der Waals surface area contributed by atoms with Crippen molar-refractivity contribution < 1.29 is 23.7 Å². The fourth-order valence-electron chi connectivity index (χ4n) is 1.60. The molecule has 0 amide bonds. The maximum atomic E-state index is 11.2. The van der Waals surface area contributed by atoms with Crippen LogP contribution in [0.15, 0.2) is 0 Å². The van der Waals surface area contributed by atoms with Gasteiger partial charge in [0.15, 0.2) is 18.0 Å². The largest absolute Gasteiger partial charge is 0.431 e. The summed E-state index contributed by atoms with van der Waals surface area (Å²) in [5.41, 5.74) is 0. The Hall–Kier alpha value is -0.650. The zero-order chi connectivity index (χ0) is 9.64. The van der Waals surface area contributed by atoms with E-state index in [-0.39, 0.29) is 0 Å². The molecule has 0 spiro atoms. The number of hydrogen-bond acceptors (Lipinski definition) is 5. The molecule has 0 radical (unpaired) electrons. The molecule has 2 rings (SSSR count). The second-order valence-corrected chi connectivity index (χ2v) is 3.56. The van der Waals surface area contributed by atoms with Crippen LogP contribution in [0.4, 0.5) is 0 Å². The molecule has 0 N–H and O–H groups in total. The molecule has 2 heterocycles. The Labute approximate surface area is 75.9 Å². The SMILES string of the molecule is CO[C@@H]1OC(=O)[C@H]2OC(C)(C)O[C@@H]12. The molecule has 3 atom stereocenters. The number of fused-ring (bicyclic) bond motifs is 1. The molecule has 0 unspecified atom stereocenters. The molecule has 0 bridgehead atoms. The van der Waals surface area contributed by atoms with Crippen LogP contribution in [0.25, 0.3) is 0 Å². The van der Waals surface area contributed by atoms with Crippen LogP contribution in [-0.2, 0) is 23.7 Å². The Morgan fingerprint density at radius 1 is 1.38 bits per heavy atom. The topological polar surface area (TPSA) is 54.0 Å². The van der Waals surface area contributed by atoms with Gasteiger partial charge in [-0.05, 0) is 13.8 Å². The highest BCUT2D eigenvalue weighted by molar-refractivity contribution is 5.78. The molecule has 2 aliphatic rings. The van der Waals surface area contributed by atoms with Crippen LogP contribution in [0, 0.1) is 0 Å². The van der Waals surface area contributed by atoms with E-state index in [0.717, 1.165) is 0 Å². The highest BCUT2D eigenvalue weighted by atomic mass is 16.8. The van der Waals surface area contributed by atoms with Gasteiger partial charge in [-0.15, -0.1) is 0 Å². The van der Waals surface area contributed by atoms with Crippen LogP contribution >= 0.6 is 0 Å². The summed E-state index contributed by atoms with van der Waals surface area (Å²) in [6.07, 6.45) is -1.72. The van der Waals surface area contributed by atoms with Crippen LogP contribution in [0.5, 0.6) is 0 Å². The van der Waals surface area contributed by atoms with Crippen LogP contribution in [0.2, 0.25) is 0 Å². The summed E-state index contributed by atoms with van der Waals surface area (Å²) in [4.78, 5) is 11.2. The molecule has 5 heteroatoms. The molecule has 2 aliphatic heterocycles. The highest BCUT2D eigenvalue weighted by Crippen LogP contribution is 2.35. The second-order valence-electron chi connectivity index (χ2n) is 3.56. The average molecular weight is 188 g/mol. The summed E-state index contributed by atoms with van der Waals surface area (Å²) in [6, 6.07) is 0. The first-order valence-electron chi connectivity index (χ1n) is 4.12. The summed E-state index contributed by atoms with van der Waals surface area (Å²) in [5, 5.41) is 0. The van der Waals surface area contributed by atoms with Gasteiger partial charge in [-0.1, -0.05) is 0 Å². The summed E-state index contributed by atoms with van der Waals surface area (Å²) in [6.45, 7) is 3.51. The van der Waals surface area contributed by atoms with Crippen molar-refractivity contribution in [2.24, 2.45) is 0 Å². The van der Waals surface area contributed by atoms with Gasteiger partial charge in [0, 0.05) is 7.11 Å². The first-order chi connectivity index (χ1) is 6.03. The summed E-state index contributed by atoms with van der Waals surface area (Å²) in [5.74, 6) is -1.15. The van der Waals surface area contributed by atoms with Crippen molar-refractivity contribution in [2.45, 2.75) is 38.1 Å². The third kappa shape index (κ3) is 1.33. The van der Waals surface area contributed by atoms with Crippen molar-refractivity contribution in [3.8, 4) is 0 Å². The lowest BCUT2D eigenvalue weighted by Crippen LogP contribution is -2.30. The van der Waals surface area contributed by atoms with Crippen LogP contribution in [0.3, 0.4) is 0 Å². The van der Waals surface area contributed by atoms with E-state index in [1.54, 1.807) is 13.8 Å². The minimum absolute atomic E-state index is 0.414. The van der Waals surface area contributed by atoms with E-state index < -0.39 is 30.3 Å². The van der Waals surface area contributed by atoms with Crippen LogP contribution in [-0.4, -0.2) is 37.4 Å². The minimum atomic E-state index is -0.731. The number of ether oxygens (including phenoxy) is 4. The molecule has 2 saturated heterocycles.